The highest BCUT2D eigenvalue weighted by atomic mass is 32.2. The Bertz CT molecular complexity index is 1020. The molecule has 7 nitrogen and oxygen atoms in total. The van der Waals surface area contributed by atoms with Crippen LogP contribution in [0.15, 0.2) is 58.5 Å². The smallest absolute Gasteiger partial charge is 0.278 e. The Kier molecular flexibility index (Phi) is 5.56. The van der Waals surface area contributed by atoms with Crippen molar-refractivity contribution < 1.29 is 4.79 Å². The molecule has 0 saturated carbocycles. The normalized spacial score (nSPS) is 11.8. The number of para-hydroxylation sites is 1. The summed E-state index contributed by atoms with van der Waals surface area (Å²) in [5.74, 6) is -0.192. The Morgan fingerprint density at radius 3 is 2.52 bits per heavy atom. The Morgan fingerprint density at radius 1 is 1.15 bits per heavy atom. The summed E-state index contributed by atoms with van der Waals surface area (Å²) in [6, 6.07) is 14.5. The molecule has 1 heterocycles. The quantitative estimate of drug-likeness (QED) is 0.463. The van der Waals surface area contributed by atoms with Gasteiger partial charge in [0, 0.05) is 16.9 Å². The average Bonchev–Trinajstić information content (AvgIpc) is 2.64. The summed E-state index contributed by atoms with van der Waals surface area (Å²) in [4.78, 5) is 27.3. The molecule has 2 aromatic carbocycles. The molecule has 0 spiro atoms. The van der Waals surface area contributed by atoms with Gasteiger partial charge in [-0.15, -0.1) is 10.2 Å². The van der Waals surface area contributed by atoms with Crippen molar-refractivity contribution in [2.45, 2.75) is 24.3 Å². The van der Waals surface area contributed by atoms with Crippen LogP contribution in [-0.2, 0) is 4.79 Å². The lowest BCUT2D eigenvalue weighted by Crippen LogP contribution is -2.23. The number of carbonyl (C=O) groups excluding carboxylic acids is 1. The van der Waals surface area contributed by atoms with Gasteiger partial charge in [-0.25, -0.2) is 0 Å². The zero-order valence-corrected chi connectivity index (χ0v) is 15.7. The number of thioether (sulfide) groups is 1. The zero-order valence-electron chi connectivity index (χ0n) is 14.9. The van der Waals surface area contributed by atoms with E-state index in [1.165, 1.54) is 0 Å². The highest BCUT2D eigenvalue weighted by molar-refractivity contribution is 8.00. The molecule has 0 unspecified atom stereocenters. The monoisotopic (exact) mass is 381 g/mol. The number of nitrogen functional groups attached to an aromatic ring is 1. The van der Waals surface area contributed by atoms with Crippen LogP contribution in [0.2, 0.25) is 0 Å². The topological polar surface area (TPSA) is 114 Å². The molecule has 3 aromatic rings. The number of nitrogens with one attached hydrogen (secondary N) is 2. The molecule has 3 rings (SSSR count). The average molecular weight is 381 g/mol. The van der Waals surface area contributed by atoms with Gasteiger partial charge in [0.1, 0.15) is 0 Å². The molecule has 27 heavy (non-hydrogen) atoms. The van der Waals surface area contributed by atoms with E-state index < -0.39 is 10.8 Å². The van der Waals surface area contributed by atoms with Crippen molar-refractivity contribution in [3.63, 3.8) is 0 Å². The van der Waals surface area contributed by atoms with Gasteiger partial charge in [0.05, 0.1) is 5.25 Å². The highest BCUT2D eigenvalue weighted by Crippen LogP contribution is 2.22. The SMILES string of the molecule is Cc1ccc(NC(=O)[C@H](C)Sc2nnc(-c3ccccc3N)c(=O)[nH]2)cc1. The molecule has 0 aliphatic heterocycles. The van der Waals surface area contributed by atoms with Crippen molar-refractivity contribution in [3.05, 3.63) is 64.4 Å². The number of hydrogen-bond donors (Lipinski definition) is 3. The number of aromatic nitrogens is 3. The molecule has 1 atom stereocenters. The lowest BCUT2D eigenvalue weighted by Gasteiger charge is -2.11. The molecule has 1 amide bonds. The number of nitrogens with two attached hydrogens (primary N) is 1. The van der Waals surface area contributed by atoms with Gasteiger partial charge in [-0.2, -0.15) is 0 Å². The van der Waals surface area contributed by atoms with E-state index in [-0.39, 0.29) is 16.8 Å². The third-order valence-corrected chi connectivity index (χ3v) is 4.84. The molecule has 0 radical (unpaired) electrons. The number of aromatic amines is 1. The summed E-state index contributed by atoms with van der Waals surface area (Å²) < 4.78 is 0. The van der Waals surface area contributed by atoms with Gasteiger partial charge in [-0.05, 0) is 32.0 Å². The van der Waals surface area contributed by atoms with Crippen molar-refractivity contribution in [2.75, 3.05) is 11.1 Å². The molecule has 0 saturated heterocycles. The molecular weight excluding hydrogens is 362 g/mol. The van der Waals surface area contributed by atoms with Gasteiger partial charge in [0.25, 0.3) is 5.56 Å². The Morgan fingerprint density at radius 2 is 1.85 bits per heavy atom. The predicted octanol–water partition coefficient (Wildman–Crippen LogP) is 2.84. The summed E-state index contributed by atoms with van der Waals surface area (Å²) in [5.41, 5.74) is 8.42. The van der Waals surface area contributed by atoms with E-state index in [1.54, 1.807) is 31.2 Å². The van der Waals surface area contributed by atoms with Gasteiger partial charge in [-0.3, -0.25) is 14.6 Å². The van der Waals surface area contributed by atoms with Crippen LogP contribution in [-0.4, -0.2) is 26.3 Å². The number of nitrogens with zero attached hydrogens (tertiary/aromatic N) is 2. The van der Waals surface area contributed by atoms with E-state index >= 15 is 0 Å². The van der Waals surface area contributed by atoms with Gasteiger partial charge in [-0.1, -0.05) is 47.7 Å². The zero-order chi connectivity index (χ0) is 19.4. The van der Waals surface area contributed by atoms with Gasteiger partial charge < -0.3 is 11.1 Å². The van der Waals surface area contributed by atoms with E-state index in [0.717, 1.165) is 17.3 Å². The maximum Gasteiger partial charge on any atom is 0.278 e. The fourth-order valence-corrected chi connectivity index (χ4v) is 3.11. The maximum absolute atomic E-state index is 12.3. The first-order chi connectivity index (χ1) is 12.9. The molecule has 0 aliphatic rings. The number of aryl methyl sites for hydroxylation is 1. The van der Waals surface area contributed by atoms with Crippen molar-refractivity contribution in [1.82, 2.24) is 15.2 Å². The van der Waals surface area contributed by atoms with Gasteiger partial charge >= 0.3 is 0 Å². The lowest BCUT2D eigenvalue weighted by atomic mass is 10.1. The number of carbonyl (C=O) groups is 1. The molecule has 4 N–H and O–H groups in total. The first-order valence-electron chi connectivity index (χ1n) is 8.30. The van der Waals surface area contributed by atoms with Crippen molar-refractivity contribution in [3.8, 4) is 11.3 Å². The Hall–Kier alpha value is -3.13. The highest BCUT2D eigenvalue weighted by Gasteiger charge is 2.17. The van der Waals surface area contributed by atoms with Crippen LogP contribution in [0.25, 0.3) is 11.3 Å². The number of rotatable bonds is 5. The minimum absolute atomic E-state index is 0.147. The number of benzene rings is 2. The standard InChI is InChI=1S/C19H19N5O2S/c1-11-7-9-13(10-8-11)21-17(25)12(2)27-19-22-18(26)16(23-24-19)14-5-3-4-6-15(14)20/h3-10,12H,20H2,1-2H3,(H,21,25)(H,22,24,26)/t12-/m0/s1. The largest absolute Gasteiger partial charge is 0.398 e. The molecule has 0 fully saturated rings. The van der Waals surface area contributed by atoms with E-state index in [4.69, 9.17) is 5.73 Å². The van der Waals surface area contributed by atoms with E-state index in [9.17, 15) is 9.59 Å². The second kappa shape index (κ2) is 8.05. The predicted molar refractivity (Wildman–Crippen MR) is 108 cm³/mol. The second-order valence-electron chi connectivity index (χ2n) is 6.01. The molecule has 0 bridgehead atoms. The molecule has 8 heteroatoms. The Labute approximate surface area is 160 Å². The van der Waals surface area contributed by atoms with Crippen LogP contribution in [0.3, 0.4) is 0 Å². The summed E-state index contributed by atoms with van der Waals surface area (Å²) >= 11 is 1.12. The third-order valence-electron chi connectivity index (χ3n) is 3.87. The summed E-state index contributed by atoms with van der Waals surface area (Å²) in [6.07, 6.45) is 0. The first kappa shape index (κ1) is 18.7. The summed E-state index contributed by atoms with van der Waals surface area (Å²) in [5, 5.41) is 10.6. The maximum atomic E-state index is 12.3. The molecule has 1 aromatic heterocycles. The fourth-order valence-electron chi connectivity index (χ4n) is 2.37. The molecular formula is C19H19N5O2S. The second-order valence-corrected chi connectivity index (χ2v) is 7.34. The number of amides is 1. The van der Waals surface area contributed by atoms with Crippen molar-refractivity contribution >= 4 is 29.0 Å². The van der Waals surface area contributed by atoms with Crippen LogP contribution >= 0.6 is 11.8 Å². The third kappa shape index (κ3) is 4.53. The van der Waals surface area contributed by atoms with Crippen molar-refractivity contribution in [2.24, 2.45) is 0 Å². The van der Waals surface area contributed by atoms with Crippen LogP contribution in [0, 0.1) is 6.92 Å². The van der Waals surface area contributed by atoms with Gasteiger partial charge in [0.2, 0.25) is 5.91 Å². The van der Waals surface area contributed by atoms with E-state index in [1.807, 2.05) is 31.2 Å². The number of anilines is 2. The Balaban J connectivity index is 1.71. The fraction of sp³-hybridized carbons (Fsp3) is 0.158. The minimum atomic E-state index is -0.469. The van der Waals surface area contributed by atoms with Crippen LogP contribution in [0.5, 0.6) is 0 Å². The molecule has 0 aliphatic carbocycles. The van der Waals surface area contributed by atoms with Gasteiger partial charge in [0.15, 0.2) is 10.9 Å². The van der Waals surface area contributed by atoms with Crippen LogP contribution < -0.4 is 16.6 Å². The summed E-state index contributed by atoms with van der Waals surface area (Å²) in [6.45, 7) is 3.71. The van der Waals surface area contributed by atoms with Crippen LogP contribution in [0.1, 0.15) is 12.5 Å². The van der Waals surface area contributed by atoms with E-state index in [0.29, 0.717) is 16.9 Å². The number of hydrogen-bond acceptors (Lipinski definition) is 6. The number of H-pyrrole nitrogens is 1. The first-order valence-corrected chi connectivity index (χ1v) is 9.18. The van der Waals surface area contributed by atoms with E-state index in [2.05, 4.69) is 20.5 Å². The van der Waals surface area contributed by atoms with Crippen molar-refractivity contribution in [1.29, 1.82) is 0 Å². The van der Waals surface area contributed by atoms with Crippen LogP contribution in [0.4, 0.5) is 11.4 Å². The molecule has 138 valence electrons. The minimum Gasteiger partial charge on any atom is -0.398 e. The summed E-state index contributed by atoms with van der Waals surface area (Å²) in [7, 11) is 0. The lowest BCUT2D eigenvalue weighted by molar-refractivity contribution is -0.115.